The zero-order valence-electron chi connectivity index (χ0n) is 14.0. The number of hydrogen-bond donors (Lipinski definition) is 1. The summed E-state index contributed by atoms with van der Waals surface area (Å²) in [6, 6.07) is 6.65. The molecule has 0 aliphatic carbocycles. The topological polar surface area (TPSA) is 81.9 Å². The number of ether oxygens (including phenoxy) is 2. The van der Waals surface area contributed by atoms with Gasteiger partial charge in [-0.25, -0.2) is 4.79 Å². The number of carbonyl (C=O) groups excluding carboxylic acids is 2. The van der Waals surface area contributed by atoms with Gasteiger partial charge in [-0.15, -0.1) is 11.6 Å². The molecular weight excluding hydrogens is 364 g/mol. The molecule has 2 aliphatic heterocycles. The van der Waals surface area contributed by atoms with Crippen LogP contribution in [0.1, 0.15) is 12.5 Å². The lowest BCUT2D eigenvalue weighted by molar-refractivity contribution is -0.150. The molecular formula is C17H19ClN2O4S. The minimum Gasteiger partial charge on any atom is -0.497 e. The van der Waals surface area contributed by atoms with Crippen molar-refractivity contribution in [1.82, 2.24) is 4.90 Å². The zero-order chi connectivity index (χ0) is 18.2. The Bertz CT molecular complexity index is 737. The lowest BCUT2D eigenvalue weighted by atomic mass is 9.95. The number of carbonyl (C=O) groups is 2. The van der Waals surface area contributed by atoms with Crippen LogP contribution < -0.4 is 10.5 Å². The van der Waals surface area contributed by atoms with E-state index >= 15 is 0 Å². The van der Waals surface area contributed by atoms with Gasteiger partial charge in [0.15, 0.2) is 0 Å². The number of nitrogens with zero attached hydrogens (tertiary/aromatic N) is 1. The van der Waals surface area contributed by atoms with Gasteiger partial charge in [-0.1, -0.05) is 23.9 Å². The molecule has 0 saturated carbocycles. The molecule has 0 radical (unpaired) electrons. The van der Waals surface area contributed by atoms with Crippen LogP contribution in [0.15, 0.2) is 34.7 Å². The number of esters is 1. The number of benzene rings is 1. The van der Waals surface area contributed by atoms with Crippen LogP contribution in [0, 0.1) is 0 Å². The van der Waals surface area contributed by atoms with E-state index in [1.807, 2.05) is 19.1 Å². The molecule has 0 spiro atoms. The standard InChI is InChI=1S/C17H19ClN2O4S/c1-17-14(19)15(21)20(17)8-11(7-18)13(25-17)16(22)24-9-10-3-5-12(23-2)6-4-10/h3-6,14H,7-9,19H2,1-2H3/t14?,17-/m0/s1. The molecule has 3 rings (SSSR count). The summed E-state index contributed by atoms with van der Waals surface area (Å²) in [5.74, 6) is 0.337. The quantitative estimate of drug-likeness (QED) is 0.475. The fraction of sp³-hybridized carbons (Fsp3) is 0.412. The van der Waals surface area contributed by atoms with Crippen LogP contribution in [0.4, 0.5) is 0 Å². The Kier molecular flexibility index (Phi) is 4.99. The van der Waals surface area contributed by atoms with Crippen LogP contribution in [-0.2, 0) is 20.9 Å². The van der Waals surface area contributed by atoms with E-state index in [0.717, 1.165) is 11.3 Å². The number of halogens is 1. The number of thioether (sulfide) groups is 1. The largest absolute Gasteiger partial charge is 0.497 e. The molecule has 2 atom stereocenters. The van der Waals surface area contributed by atoms with Crippen molar-refractivity contribution in [3.05, 3.63) is 40.3 Å². The Morgan fingerprint density at radius 3 is 2.72 bits per heavy atom. The second kappa shape index (κ2) is 6.90. The Labute approximate surface area is 155 Å². The van der Waals surface area contributed by atoms with Crippen LogP contribution in [0.25, 0.3) is 0 Å². The van der Waals surface area contributed by atoms with Crippen LogP contribution in [0.2, 0.25) is 0 Å². The van der Waals surface area contributed by atoms with Crippen LogP contribution in [-0.4, -0.2) is 47.2 Å². The number of hydrogen-bond acceptors (Lipinski definition) is 6. The minimum atomic E-state index is -0.626. The van der Waals surface area contributed by atoms with Crippen molar-refractivity contribution in [2.45, 2.75) is 24.4 Å². The normalized spacial score (nSPS) is 25.4. The number of nitrogens with two attached hydrogens (primary N) is 1. The highest BCUT2D eigenvalue weighted by molar-refractivity contribution is 8.05. The molecule has 2 heterocycles. The molecule has 1 fully saturated rings. The summed E-state index contributed by atoms with van der Waals surface area (Å²) in [5, 5.41) is 0. The molecule has 1 aromatic rings. The molecule has 0 aromatic heterocycles. The summed E-state index contributed by atoms with van der Waals surface area (Å²) in [6.45, 7) is 2.31. The van der Waals surface area contributed by atoms with E-state index in [-0.39, 0.29) is 18.4 Å². The highest BCUT2D eigenvalue weighted by atomic mass is 35.5. The van der Waals surface area contributed by atoms with Gasteiger partial charge in [0, 0.05) is 12.4 Å². The van der Waals surface area contributed by atoms with E-state index in [9.17, 15) is 9.59 Å². The summed E-state index contributed by atoms with van der Waals surface area (Å²) >= 11 is 7.23. The molecule has 2 N–H and O–H groups in total. The Morgan fingerprint density at radius 1 is 1.44 bits per heavy atom. The van der Waals surface area contributed by atoms with Gasteiger partial charge in [-0.3, -0.25) is 4.79 Å². The molecule has 2 aliphatic rings. The van der Waals surface area contributed by atoms with Gasteiger partial charge in [0.25, 0.3) is 0 Å². The van der Waals surface area contributed by atoms with Crippen molar-refractivity contribution in [2.75, 3.05) is 19.5 Å². The third-order valence-electron chi connectivity index (χ3n) is 4.50. The maximum absolute atomic E-state index is 12.5. The summed E-state index contributed by atoms with van der Waals surface area (Å²) in [7, 11) is 1.59. The lowest BCUT2D eigenvalue weighted by Gasteiger charge is -2.56. The average molecular weight is 383 g/mol. The van der Waals surface area contributed by atoms with Crippen molar-refractivity contribution < 1.29 is 19.1 Å². The first-order chi connectivity index (χ1) is 11.9. The fourth-order valence-electron chi connectivity index (χ4n) is 2.84. The van der Waals surface area contributed by atoms with E-state index in [4.69, 9.17) is 26.8 Å². The first-order valence-electron chi connectivity index (χ1n) is 7.75. The maximum Gasteiger partial charge on any atom is 0.345 e. The number of amides is 1. The van der Waals surface area contributed by atoms with Gasteiger partial charge in [0.05, 0.1) is 12.0 Å². The van der Waals surface area contributed by atoms with Crippen molar-refractivity contribution in [3.8, 4) is 5.75 Å². The molecule has 1 aromatic carbocycles. The van der Waals surface area contributed by atoms with E-state index in [2.05, 4.69) is 0 Å². The third kappa shape index (κ3) is 3.12. The molecule has 25 heavy (non-hydrogen) atoms. The first kappa shape index (κ1) is 18.1. The summed E-state index contributed by atoms with van der Waals surface area (Å²) in [4.78, 5) is 25.9. The number of alkyl halides is 1. The van der Waals surface area contributed by atoms with Gasteiger partial charge in [-0.05, 0) is 30.2 Å². The third-order valence-corrected chi connectivity index (χ3v) is 6.37. The van der Waals surface area contributed by atoms with E-state index in [1.165, 1.54) is 11.8 Å². The second-order valence-electron chi connectivity index (χ2n) is 6.05. The molecule has 134 valence electrons. The van der Waals surface area contributed by atoms with E-state index in [1.54, 1.807) is 24.1 Å². The van der Waals surface area contributed by atoms with Gasteiger partial charge in [0.1, 0.15) is 23.3 Å². The summed E-state index contributed by atoms with van der Waals surface area (Å²) in [5.41, 5.74) is 7.46. The number of fused-ring (bicyclic) bond motifs is 1. The number of β-lactam (4-membered cyclic amide) rings is 1. The van der Waals surface area contributed by atoms with Crippen molar-refractivity contribution >= 4 is 35.2 Å². The fourth-order valence-corrected chi connectivity index (χ4v) is 4.46. The SMILES string of the molecule is COc1ccc(COC(=O)C2=C(CCl)CN3C(=O)C(N)[C@]3(C)S2)cc1. The summed E-state index contributed by atoms with van der Waals surface area (Å²) in [6.07, 6.45) is 0. The molecule has 6 nitrogen and oxygen atoms in total. The monoisotopic (exact) mass is 382 g/mol. The Hall–Kier alpha value is -1.70. The molecule has 1 amide bonds. The second-order valence-corrected chi connectivity index (χ2v) is 7.76. The highest BCUT2D eigenvalue weighted by Crippen LogP contribution is 2.49. The van der Waals surface area contributed by atoms with Crippen molar-refractivity contribution in [3.63, 3.8) is 0 Å². The first-order valence-corrected chi connectivity index (χ1v) is 9.10. The zero-order valence-corrected chi connectivity index (χ0v) is 15.5. The van der Waals surface area contributed by atoms with E-state index < -0.39 is 16.9 Å². The van der Waals surface area contributed by atoms with E-state index in [0.29, 0.717) is 17.0 Å². The number of methoxy groups -OCH3 is 1. The maximum atomic E-state index is 12.5. The van der Waals surface area contributed by atoms with Gasteiger partial charge < -0.3 is 20.1 Å². The van der Waals surface area contributed by atoms with Gasteiger partial charge in [-0.2, -0.15) is 0 Å². The van der Waals surface area contributed by atoms with Crippen LogP contribution in [0.3, 0.4) is 0 Å². The average Bonchev–Trinajstić information content (AvgIpc) is 2.65. The van der Waals surface area contributed by atoms with Crippen molar-refractivity contribution in [2.24, 2.45) is 5.73 Å². The predicted octanol–water partition coefficient (Wildman–Crippen LogP) is 1.86. The van der Waals surface area contributed by atoms with Gasteiger partial charge >= 0.3 is 5.97 Å². The smallest absolute Gasteiger partial charge is 0.345 e. The molecule has 8 heteroatoms. The lowest BCUT2D eigenvalue weighted by Crippen LogP contribution is -2.76. The number of rotatable bonds is 5. The summed E-state index contributed by atoms with van der Waals surface area (Å²) < 4.78 is 10.5. The van der Waals surface area contributed by atoms with Gasteiger partial charge in [0.2, 0.25) is 5.91 Å². The predicted molar refractivity (Wildman–Crippen MR) is 96.2 cm³/mol. The molecule has 1 saturated heterocycles. The molecule has 0 bridgehead atoms. The molecule has 1 unspecified atom stereocenters. The highest BCUT2D eigenvalue weighted by Gasteiger charge is 2.59. The van der Waals surface area contributed by atoms with Crippen molar-refractivity contribution in [1.29, 1.82) is 0 Å². The van der Waals surface area contributed by atoms with Crippen LogP contribution in [0.5, 0.6) is 5.75 Å². The van der Waals surface area contributed by atoms with Crippen LogP contribution >= 0.6 is 23.4 Å². The Morgan fingerprint density at radius 2 is 2.12 bits per heavy atom. The minimum absolute atomic E-state index is 0.122. The Balaban J connectivity index is 1.71.